The van der Waals surface area contributed by atoms with Crippen molar-refractivity contribution in [2.45, 2.75) is 46.1 Å². The van der Waals surface area contributed by atoms with Crippen LogP contribution in [-0.2, 0) is 6.61 Å². The van der Waals surface area contributed by atoms with E-state index in [1.807, 2.05) is 30.5 Å². The zero-order chi connectivity index (χ0) is 24.3. The Morgan fingerprint density at radius 3 is 2.68 bits per heavy atom. The molecule has 0 atom stereocenters. The molecule has 0 bridgehead atoms. The molecule has 2 N–H and O–H groups in total. The van der Waals surface area contributed by atoms with E-state index in [0.29, 0.717) is 22.5 Å². The normalized spacial score (nSPS) is 15.1. The van der Waals surface area contributed by atoms with E-state index in [2.05, 4.69) is 49.5 Å². The van der Waals surface area contributed by atoms with E-state index in [1.165, 1.54) is 5.01 Å². The molecule has 178 valence electrons. The molecule has 0 unspecified atom stereocenters. The number of nitrogen functional groups attached to an aromatic ring is 1. The summed E-state index contributed by atoms with van der Waals surface area (Å²) in [6, 6.07) is 7.68. The maximum absolute atomic E-state index is 6.42. The maximum atomic E-state index is 6.42. The van der Waals surface area contributed by atoms with Crippen LogP contribution < -0.4 is 10.5 Å². The van der Waals surface area contributed by atoms with Gasteiger partial charge >= 0.3 is 0 Å². The number of benzene rings is 1. The molecule has 1 aromatic carbocycles. The minimum Gasteiger partial charge on any atom is -0.485 e. The Kier molecular flexibility index (Phi) is 7.47. The van der Waals surface area contributed by atoms with Crippen molar-refractivity contribution in [2.75, 3.05) is 25.9 Å². The molecule has 1 aliphatic heterocycles. The maximum Gasteiger partial charge on any atom is 0.166 e. The fourth-order valence-electron chi connectivity index (χ4n) is 3.75. The SMILES string of the molecule is CN1CCC(c2ncc(-c3cnc(N)c(OCc4cc(C#CC(C)(C)C)ccc4Cl)c3)s2)CC1. The Balaban J connectivity index is 1.49. The van der Waals surface area contributed by atoms with Gasteiger partial charge in [0, 0.05) is 45.4 Å². The Bertz CT molecular complexity index is 1210. The third-order valence-electron chi connectivity index (χ3n) is 5.77. The van der Waals surface area contributed by atoms with Crippen LogP contribution >= 0.6 is 22.9 Å². The van der Waals surface area contributed by atoms with Crippen LogP contribution in [-0.4, -0.2) is 35.0 Å². The largest absolute Gasteiger partial charge is 0.485 e. The number of pyridine rings is 1. The molecule has 2 aromatic heterocycles. The summed E-state index contributed by atoms with van der Waals surface area (Å²) in [5, 5.41) is 1.83. The summed E-state index contributed by atoms with van der Waals surface area (Å²) in [4.78, 5) is 12.5. The van der Waals surface area contributed by atoms with E-state index in [-0.39, 0.29) is 12.0 Å². The number of thiazole rings is 1. The van der Waals surface area contributed by atoms with Gasteiger partial charge in [0.15, 0.2) is 11.6 Å². The van der Waals surface area contributed by atoms with Crippen molar-refractivity contribution in [3.05, 3.63) is 57.8 Å². The first-order chi connectivity index (χ1) is 16.2. The zero-order valence-electron chi connectivity index (χ0n) is 20.2. The lowest BCUT2D eigenvalue weighted by Gasteiger charge is -2.27. The van der Waals surface area contributed by atoms with Crippen LogP contribution in [0.25, 0.3) is 10.4 Å². The summed E-state index contributed by atoms with van der Waals surface area (Å²) < 4.78 is 6.06. The number of hydrogen-bond acceptors (Lipinski definition) is 6. The number of aromatic nitrogens is 2. The van der Waals surface area contributed by atoms with Crippen molar-refractivity contribution in [3.8, 4) is 28.0 Å². The van der Waals surface area contributed by atoms with Gasteiger partial charge in [-0.2, -0.15) is 0 Å². The van der Waals surface area contributed by atoms with E-state index >= 15 is 0 Å². The molecule has 4 rings (SSSR count). The van der Waals surface area contributed by atoms with Gasteiger partial charge in [0.2, 0.25) is 0 Å². The van der Waals surface area contributed by atoms with Gasteiger partial charge in [-0.3, -0.25) is 0 Å². The number of nitrogens with two attached hydrogens (primary N) is 1. The molecule has 1 aliphatic rings. The van der Waals surface area contributed by atoms with Crippen LogP contribution in [0.5, 0.6) is 5.75 Å². The third kappa shape index (κ3) is 6.29. The number of likely N-dealkylation sites (tertiary alicyclic amines) is 1. The quantitative estimate of drug-likeness (QED) is 0.426. The van der Waals surface area contributed by atoms with Gasteiger partial charge in [-0.1, -0.05) is 23.4 Å². The number of anilines is 1. The number of ether oxygens (including phenoxy) is 1. The lowest BCUT2D eigenvalue weighted by molar-refractivity contribution is 0.255. The van der Waals surface area contributed by atoms with Crippen molar-refractivity contribution < 1.29 is 4.74 Å². The summed E-state index contributed by atoms with van der Waals surface area (Å²) in [5.74, 6) is 7.88. The molecule has 7 heteroatoms. The number of halogens is 1. The highest BCUT2D eigenvalue weighted by Crippen LogP contribution is 2.36. The first-order valence-corrected chi connectivity index (χ1v) is 12.7. The highest BCUT2D eigenvalue weighted by atomic mass is 35.5. The average molecular weight is 495 g/mol. The van der Waals surface area contributed by atoms with Gasteiger partial charge < -0.3 is 15.4 Å². The molecule has 0 aliphatic carbocycles. The highest BCUT2D eigenvalue weighted by Gasteiger charge is 2.21. The fraction of sp³-hybridized carbons (Fsp3) is 0.407. The average Bonchev–Trinajstić information content (AvgIpc) is 3.29. The second kappa shape index (κ2) is 10.4. The van der Waals surface area contributed by atoms with Crippen molar-refractivity contribution in [3.63, 3.8) is 0 Å². The molecule has 0 spiro atoms. The molecule has 0 amide bonds. The number of hydrogen-bond donors (Lipinski definition) is 1. The Hall–Kier alpha value is -2.59. The van der Waals surface area contributed by atoms with Crippen LogP contribution in [0.3, 0.4) is 0 Å². The summed E-state index contributed by atoms with van der Waals surface area (Å²) in [6.45, 7) is 8.77. The minimum absolute atomic E-state index is 0.0687. The van der Waals surface area contributed by atoms with Crippen LogP contribution in [0.15, 0.2) is 36.7 Å². The van der Waals surface area contributed by atoms with E-state index in [9.17, 15) is 0 Å². The predicted molar refractivity (Wildman–Crippen MR) is 141 cm³/mol. The predicted octanol–water partition coefficient (Wildman–Crippen LogP) is 6.23. The number of nitrogens with zero attached hydrogens (tertiary/aromatic N) is 3. The molecule has 34 heavy (non-hydrogen) atoms. The molecule has 3 aromatic rings. The summed E-state index contributed by atoms with van der Waals surface area (Å²) in [5.41, 5.74) is 8.77. The molecule has 1 saturated heterocycles. The van der Waals surface area contributed by atoms with Crippen molar-refractivity contribution >= 4 is 28.8 Å². The first-order valence-electron chi connectivity index (χ1n) is 11.5. The van der Waals surface area contributed by atoms with Crippen LogP contribution in [0.1, 0.15) is 55.7 Å². The fourth-order valence-corrected chi connectivity index (χ4v) is 4.99. The molecule has 0 saturated carbocycles. The lowest BCUT2D eigenvalue weighted by Crippen LogP contribution is -2.29. The van der Waals surface area contributed by atoms with Gasteiger partial charge in [0.1, 0.15) is 6.61 Å². The van der Waals surface area contributed by atoms with Gasteiger partial charge in [-0.05, 0) is 78.0 Å². The molecule has 5 nitrogen and oxygen atoms in total. The first kappa shape index (κ1) is 24.5. The van der Waals surface area contributed by atoms with E-state index < -0.39 is 0 Å². The van der Waals surface area contributed by atoms with Crippen molar-refractivity contribution in [2.24, 2.45) is 5.41 Å². The zero-order valence-corrected chi connectivity index (χ0v) is 21.8. The van der Waals surface area contributed by atoms with E-state index in [4.69, 9.17) is 27.1 Å². The molecule has 0 radical (unpaired) electrons. The van der Waals surface area contributed by atoms with E-state index in [0.717, 1.165) is 47.5 Å². The number of piperidine rings is 1. The molecular formula is C27H31ClN4OS. The van der Waals surface area contributed by atoms with Gasteiger partial charge in [0.05, 0.1) is 9.88 Å². The minimum atomic E-state index is -0.0687. The number of rotatable bonds is 5. The molecule has 3 heterocycles. The lowest BCUT2D eigenvalue weighted by atomic mass is 9.97. The Morgan fingerprint density at radius 2 is 1.94 bits per heavy atom. The van der Waals surface area contributed by atoms with Crippen molar-refractivity contribution in [1.82, 2.24) is 14.9 Å². The Morgan fingerprint density at radius 1 is 1.18 bits per heavy atom. The second-order valence-corrected chi connectivity index (χ2v) is 11.3. The summed E-state index contributed by atoms with van der Waals surface area (Å²) in [7, 11) is 2.17. The highest BCUT2D eigenvalue weighted by molar-refractivity contribution is 7.15. The van der Waals surface area contributed by atoms with Crippen molar-refractivity contribution in [1.29, 1.82) is 0 Å². The second-order valence-electron chi connectivity index (χ2n) is 9.84. The van der Waals surface area contributed by atoms with Crippen LogP contribution in [0.4, 0.5) is 5.82 Å². The van der Waals surface area contributed by atoms with Gasteiger partial charge in [0.25, 0.3) is 0 Å². The van der Waals surface area contributed by atoms with Gasteiger partial charge in [-0.15, -0.1) is 11.3 Å². The summed E-state index contributed by atoms with van der Waals surface area (Å²) in [6.07, 6.45) is 6.02. The topological polar surface area (TPSA) is 64.3 Å². The smallest absolute Gasteiger partial charge is 0.166 e. The third-order valence-corrected chi connectivity index (χ3v) is 7.35. The van der Waals surface area contributed by atoms with E-state index in [1.54, 1.807) is 17.5 Å². The van der Waals surface area contributed by atoms with Crippen LogP contribution in [0, 0.1) is 17.3 Å². The summed E-state index contributed by atoms with van der Waals surface area (Å²) >= 11 is 8.15. The van der Waals surface area contributed by atoms with Gasteiger partial charge in [-0.25, -0.2) is 9.97 Å². The molecular weight excluding hydrogens is 464 g/mol. The standard InChI is InChI=1S/C27H31ClN4OS/c1-27(2,3)10-7-18-5-6-22(28)21(13-18)17-33-23-14-20(15-30-25(23)29)24-16-31-26(34-24)19-8-11-32(4)12-9-19/h5-6,13-16,19H,8-9,11-12,17H2,1-4H3,(H2,29,30). The Labute approximate surface area is 211 Å². The van der Waals surface area contributed by atoms with Crippen LogP contribution in [0.2, 0.25) is 5.02 Å². The molecule has 1 fully saturated rings. The monoisotopic (exact) mass is 494 g/mol.